The Morgan fingerprint density at radius 1 is 1.17 bits per heavy atom. The van der Waals surface area contributed by atoms with Crippen LogP contribution in [0.1, 0.15) is 31.9 Å². The molecule has 6 rings (SSSR count). The molecule has 4 atom stereocenters. The zero-order chi connectivity index (χ0) is 20.8. The smallest absolute Gasteiger partial charge is 0.145 e. The second kappa shape index (κ2) is 5.81. The highest BCUT2D eigenvalue weighted by Crippen LogP contribution is 2.54. The number of fused-ring (bicyclic) bond motifs is 6. The van der Waals surface area contributed by atoms with Gasteiger partial charge in [0.25, 0.3) is 0 Å². The molecule has 0 spiro atoms. The lowest BCUT2D eigenvalue weighted by Gasteiger charge is -2.40. The van der Waals surface area contributed by atoms with Crippen LogP contribution in [-0.4, -0.2) is 31.1 Å². The van der Waals surface area contributed by atoms with Crippen LogP contribution < -0.4 is 9.47 Å². The number of benzene rings is 1. The van der Waals surface area contributed by atoms with E-state index in [2.05, 4.69) is 19.1 Å². The molecule has 1 saturated carbocycles. The molecule has 1 aromatic rings. The Morgan fingerprint density at radius 2 is 2.00 bits per heavy atom. The van der Waals surface area contributed by atoms with Crippen molar-refractivity contribution in [2.24, 2.45) is 17.8 Å². The number of nitrogens with one attached hydrogen (secondary N) is 1. The Kier molecular flexibility index (Phi) is 3.46. The molecular formula is C25H25NO4. The number of methoxy groups -OCH3 is 1. The normalized spacial score (nSPS) is 31.8. The molecule has 0 amide bonds. The molecule has 0 bridgehead atoms. The van der Waals surface area contributed by atoms with E-state index in [1.807, 2.05) is 38.1 Å². The van der Waals surface area contributed by atoms with Gasteiger partial charge in [0.1, 0.15) is 41.3 Å². The SMILES string of the molecule is COC1=CC2=C(C=C3C1[C@H]3C)OC[C@H]1Oc3c(ccc4c3C=CC(C)(C)O4)C(=N)[C@@H]21. The summed E-state index contributed by atoms with van der Waals surface area (Å²) in [7, 11) is 1.72. The molecule has 2 aliphatic carbocycles. The first-order chi connectivity index (χ1) is 14.4. The highest BCUT2D eigenvalue weighted by molar-refractivity contribution is 6.07. The maximum atomic E-state index is 9.08. The number of rotatable bonds is 1. The van der Waals surface area contributed by atoms with Crippen LogP contribution in [-0.2, 0) is 9.47 Å². The quantitative estimate of drug-likeness (QED) is 0.742. The Morgan fingerprint density at radius 3 is 2.80 bits per heavy atom. The van der Waals surface area contributed by atoms with Crippen LogP contribution in [0.15, 0.2) is 53.0 Å². The summed E-state index contributed by atoms with van der Waals surface area (Å²) in [6.07, 6.45) is 8.06. The van der Waals surface area contributed by atoms with Crippen molar-refractivity contribution in [3.8, 4) is 11.5 Å². The van der Waals surface area contributed by atoms with Gasteiger partial charge in [-0.3, -0.25) is 0 Å². The topological polar surface area (TPSA) is 60.8 Å². The molecule has 5 nitrogen and oxygen atoms in total. The molecule has 30 heavy (non-hydrogen) atoms. The summed E-state index contributed by atoms with van der Waals surface area (Å²) in [6.45, 7) is 6.69. The third-order valence-corrected chi connectivity index (χ3v) is 6.86. The lowest BCUT2D eigenvalue weighted by atomic mass is 9.80. The molecule has 0 saturated heterocycles. The molecular weight excluding hydrogens is 378 g/mol. The lowest BCUT2D eigenvalue weighted by Crippen LogP contribution is -2.45. The van der Waals surface area contributed by atoms with Crippen molar-refractivity contribution in [2.75, 3.05) is 13.7 Å². The number of hydrogen-bond acceptors (Lipinski definition) is 5. The van der Waals surface area contributed by atoms with Gasteiger partial charge in [0.05, 0.1) is 24.3 Å². The second-order valence-electron chi connectivity index (χ2n) is 9.23. The summed E-state index contributed by atoms with van der Waals surface area (Å²) >= 11 is 0. The fraction of sp³-hybridized carbons (Fsp3) is 0.400. The summed E-state index contributed by atoms with van der Waals surface area (Å²) < 4.78 is 24.4. The van der Waals surface area contributed by atoms with Crippen LogP contribution in [0.2, 0.25) is 0 Å². The van der Waals surface area contributed by atoms with Gasteiger partial charge in [-0.1, -0.05) is 12.5 Å². The summed E-state index contributed by atoms with van der Waals surface area (Å²) in [5, 5.41) is 9.08. The van der Waals surface area contributed by atoms with Crippen LogP contribution in [0.25, 0.3) is 6.08 Å². The minimum absolute atomic E-state index is 0.181. The minimum atomic E-state index is -0.354. The molecule has 1 aromatic carbocycles. The van der Waals surface area contributed by atoms with Crippen molar-refractivity contribution in [1.82, 2.24) is 0 Å². The van der Waals surface area contributed by atoms with Gasteiger partial charge in [0, 0.05) is 17.1 Å². The Labute approximate surface area is 176 Å². The molecule has 0 radical (unpaired) electrons. The highest BCUT2D eigenvalue weighted by atomic mass is 16.5. The van der Waals surface area contributed by atoms with Crippen LogP contribution in [0, 0.1) is 23.2 Å². The Bertz CT molecular complexity index is 1120. The zero-order valence-electron chi connectivity index (χ0n) is 17.6. The molecule has 154 valence electrons. The van der Waals surface area contributed by atoms with E-state index in [1.165, 1.54) is 5.57 Å². The average Bonchev–Trinajstić information content (AvgIpc) is 3.38. The van der Waals surface area contributed by atoms with Gasteiger partial charge in [-0.2, -0.15) is 0 Å². The predicted octanol–water partition coefficient (Wildman–Crippen LogP) is 4.64. The summed E-state index contributed by atoms with van der Waals surface area (Å²) in [6, 6.07) is 3.90. The third-order valence-electron chi connectivity index (χ3n) is 6.86. The maximum Gasteiger partial charge on any atom is 0.145 e. The van der Waals surface area contributed by atoms with Crippen molar-refractivity contribution < 1.29 is 18.9 Å². The standard InChI is InChI=1S/C25H25NO4/c1-12-15-9-18-16(10-19(27-4)21(12)15)22-20(11-28-18)29-24-13-7-8-25(2,3)30-17(13)6-5-14(24)23(22)26/h5-10,12,20-22,26H,11H2,1-4H3/t12-,20+,21?,22-/m0/s1. The predicted molar refractivity (Wildman–Crippen MR) is 114 cm³/mol. The van der Waals surface area contributed by atoms with Gasteiger partial charge in [0.2, 0.25) is 0 Å². The van der Waals surface area contributed by atoms with E-state index in [-0.39, 0.29) is 17.6 Å². The van der Waals surface area contributed by atoms with Gasteiger partial charge in [-0.05, 0) is 56.2 Å². The minimum Gasteiger partial charge on any atom is -0.500 e. The van der Waals surface area contributed by atoms with Crippen LogP contribution in [0.5, 0.6) is 11.5 Å². The van der Waals surface area contributed by atoms with Crippen LogP contribution in [0.3, 0.4) is 0 Å². The first kappa shape index (κ1) is 17.9. The van der Waals surface area contributed by atoms with Crippen molar-refractivity contribution in [3.63, 3.8) is 0 Å². The zero-order valence-corrected chi connectivity index (χ0v) is 17.6. The summed E-state index contributed by atoms with van der Waals surface area (Å²) in [4.78, 5) is 0. The monoisotopic (exact) mass is 403 g/mol. The molecule has 5 heteroatoms. The van der Waals surface area contributed by atoms with E-state index in [4.69, 9.17) is 24.4 Å². The van der Waals surface area contributed by atoms with Crippen molar-refractivity contribution in [3.05, 3.63) is 64.2 Å². The average molecular weight is 403 g/mol. The van der Waals surface area contributed by atoms with E-state index in [1.54, 1.807) is 7.11 Å². The second-order valence-corrected chi connectivity index (χ2v) is 9.23. The van der Waals surface area contributed by atoms with E-state index in [0.29, 0.717) is 24.2 Å². The molecule has 5 aliphatic rings. The van der Waals surface area contributed by atoms with Crippen molar-refractivity contribution in [1.29, 1.82) is 5.41 Å². The number of allylic oxidation sites excluding steroid dienone is 3. The molecule has 0 aromatic heterocycles. The third kappa shape index (κ3) is 2.38. The van der Waals surface area contributed by atoms with Gasteiger partial charge < -0.3 is 24.4 Å². The highest BCUT2D eigenvalue weighted by Gasteiger charge is 2.49. The van der Waals surface area contributed by atoms with Crippen LogP contribution in [0.4, 0.5) is 0 Å². The van der Waals surface area contributed by atoms with Crippen LogP contribution >= 0.6 is 0 Å². The molecule has 1 N–H and O–H groups in total. The molecule has 1 unspecified atom stereocenters. The van der Waals surface area contributed by atoms with Crippen molar-refractivity contribution in [2.45, 2.75) is 32.5 Å². The Balaban J connectivity index is 1.45. The van der Waals surface area contributed by atoms with Gasteiger partial charge in [-0.15, -0.1) is 0 Å². The summed E-state index contributed by atoms with van der Waals surface area (Å²) in [5.74, 6) is 3.94. The number of hydrogen-bond donors (Lipinski definition) is 1. The fourth-order valence-electron chi connectivity index (χ4n) is 5.15. The Hall–Kier alpha value is -2.95. The molecule has 3 aliphatic heterocycles. The van der Waals surface area contributed by atoms with Gasteiger partial charge in [-0.25, -0.2) is 0 Å². The van der Waals surface area contributed by atoms with E-state index in [0.717, 1.165) is 39.7 Å². The molecule has 1 fully saturated rings. The maximum absolute atomic E-state index is 9.08. The molecule has 3 heterocycles. The first-order valence-corrected chi connectivity index (χ1v) is 10.5. The first-order valence-electron chi connectivity index (χ1n) is 10.5. The largest absolute Gasteiger partial charge is 0.500 e. The summed E-state index contributed by atoms with van der Waals surface area (Å²) in [5.41, 5.74) is 4.25. The lowest BCUT2D eigenvalue weighted by molar-refractivity contribution is 0.0542. The van der Waals surface area contributed by atoms with E-state index in [9.17, 15) is 0 Å². The number of ether oxygens (including phenoxy) is 4. The van der Waals surface area contributed by atoms with Gasteiger partial charge >= 0.3 is 0 Å². The van der Waals surface area contributed by atoms with Gasteiger partial charge in [0.15, 0.2) is 0 Å². The van der Waals surface area contributed by atoms with E-state index < -0.39 is 0 Å². The van der Waals surface area contributed by atoms with E-state index >= 15 is 0 Å². The fourth-order valence-corrected chi connectivity index (χ4v) is 5.15. The van der Waals surface area contributed by atoms with Crippen molar-refractivity contribution >= 4 is 11.8 Å².